The molecule has 8 heteroatoms. The van der Waals surface area contributed by atoms with Crippen molar-refractivity contribution in [2.45, 2.75) is 32.3 Å². The summed E-state index contributed by atoms with van der Waals surface area (Å²) in [4.78, 5) is 55.0. The number of nitrogens with one attached hydrogen (secondary N) is 1. The molecule has 3 amide bonds. The number of hydrogen-bond donors (Lipinski definition) is 1. The molecule has 3 rings (SSSR count). The van der Waals surface area contributed by atoms with Crippen LogP contribution in [0.2, 0.25) is 0 Å². The van der Waals surface area contributed by atoms with E-state index in [1.807, 2.05) is 0 Å². The van der Waals surface area contributed by atoms with Gasteiger partial charge in [0.05, 0.1) is 11.1 Å². The van der Waals surface area contributed by atoms with Crippen LogP contribution in [0.15, 0.2) is 54.6 Å². The number of alkyl carbamates (subject to hydrolysis) is 1. The molecule has 30 heavy (non-hydrogen) atoms. The Kier molecular flexibility index (Phi) is 5.86. The zero-order valence-electron chi connectivity index (χ0n) is 16.9. The lowest BCUT2D eigenvalue weighted by Crippen LogP contribution is -2.39. The topological polar surface area (TPSA) is 102 Å². The molecule has 0 aromatic heterocycles. The van der Waals surface area contributed by atoms with Gasteiger partial charge < -0.3 is 14.9 Å². The Morgan fingerprint density at radius 1 is 0.933 bits per heavy atom. The molecular weight excluding hydrogens is 388 g/mol. The van der Waals surface area contributed by atoms with Crippen LogP contribution in [-0.4, -0.2) is 41.1 Å². The number of amides is 3. The van der Waals surface area contributed by atoms with Crippen LogP contribution in [0, 0.1) is 0 Å². The minimum absolute atomic E-state index is 0.138. The van der Waals surface area contributed by atoms with Crippen molar-refractivity contribution in [3.05, 3.63) is 71.3 Å². The fourth-order valence-corrected chi connectivity index (χ4v) is 2.93. The number of hydrogen-bond acceptors (Lipinski definition) is 6. The van der Waals surface area contributed by atoms with Gasteiger partial charge in [0.25, 0.3) is 11.8 Å². The Balaban J connectivity index is 1.76. The van der Waals surface area contributed by atoms with E-state index >= 15 is 0 Å². The van der Waals surface area contributed by atoms with Gasteiger partial charge in [-0.3, -0.25) is 9.59 Å². The third-order valence-corrected chi connectivity index (χ3v) is 4.27. The first-order valence-corrected chi connectivity index (χ1v) is 9.39. The average molecular weight is 410 g/mol. The average Bonchev–Trinajstić information content (AvgIpc) is 2.93. The van der Waals surface area contributed by atoms with Crippen molar-refractivity contribution in [1.29, 1.82) is 0 Å². The molecule has 1 aliphatic rings. The molecule has 0 radical (unpaired) electrons. The van der Waals surface area contributed by atoms with Crippen LogP contribution in [0.25, 0.3) is 0 Å². The molecule has 0 spiro atoms. The summed E-state index contributed by atoms with van der Waals surface area (Å²) in [5, 5.41) is 2.99. The highest BCUT2D eigenvalue weighted by molar-refractivity contribution is 6.20. The predicted molar refractivity (Wildman–Crippen MR) is 106 cm³/mol. The molecule has 0 fully saturated rings. The molecule has 0 saturated carbocycles. The van der Waals surface area contributed by atoms with E-state index < -0.39 is 35.4 Å². The molecule has 1 aliphatic heterocycles. The van der Waals surface area contributed by atoms with E-state index in [1.165, 1.54) is 12.1 Å². The molecule has 0 saturated heterocycles. The zero-order chi connectivity index (χ0) is 21.9. The fraction of sp³-hybridized carbons (Fsp3) is 0.273. The monoisotopic (exact) mass is 410 g/mol. The number of ether oxygens (including phenoxy) is 1. The van der Waals surface area contributed by atoms with Gasteiger partial charge in [0.1, 0.15) is 11.5 Å². The van der Waals surface area contributed by atoms with Gasteiger partial charge in [-0.05, 0) is 38.5 Å². The van der Waals surface area contributed by atoms with Crippen molar-refractivity contribution in [3.63, 3.8) is 0 Å². The SMILES string of the molecule is CC(C)(C)OC(=O)NCC(C(=O)ON1C(=O)c2ccccc2C1=O)c1ccccc1. The standard InChI is InChI=1S/C22H22N2O6/c1-22(2,3)29-21(28)23-13-17(14-9-5-4-6-10-14)20(27)30-24-18(25)15-11-7-8-12-16(15)19(24)26/h4-12,17H,13H2,1-3H3,(H,23,28). The lowest BCUT2D eigenvalue weighted by molar-refractivity contribution is -0.170. The minimum Gasteiger partial charge on any atom is -0.444 e. The first-order valence-electron chi connectivity index (χ1n) is 9.39. The molecule has 1 atom stereocenters. The van der Waals surface area contributed by atoms with Crippen LogP contribution < -0.4 is 5.32 Å². The smallest absolute Gasteiger partial charge is 0.407 e. The van der Waals surface area contributed by atoms with Crippen molar-refractivity contribution in [1.82, 2.24) is 10.4 Å². The number of nitrogens with zero attached hydrogens (tertiary/aromatic N) is 1. The maximum absolute atomic E-state index is 12.9. The fourth-order valence-electron chi connectivity index (χ4n) is 2.93. The van der Waals surface area contributed by atoms with Gasteiger partial charge in [0.15, 0.2) is 0 Å². The maximum Gasteiger partial charge on any atom is 0.407 e. The van der Waals surface area contributed by atoms with Gasteiger partial charge in [0, 0.05) is 6.54 Å². The first kappa shape index (κ1) is 21.0. The number of imide groups is 1. The number of benzene rings is 2. The largest absolute Gasteiger partial charge is 0.444 e. The van der Waals surface area contributed by atoms with E-state index in [1.54, 1.807) is 63.2 Å². The highest BCUT2D eigenvalue weighted by Crippen LogP contribution is 2.25. The molecular formula is C22H22N2O6. The second-order valence-electron chi connectivity index (χ2n) is 7.71. The van der Waals surface area contributed by atoms with Crippen LogP contribution in [0.3, 0.4) is 0 Å². The van der Waals surface area contributed by atoms with Gasteiger partial charge in [-0.1, -0.05) is 47.5 Å². The molecule has 156 valence electrons. The van der Waals surface area contributed by atoms with Crippen molar-refractivity contribution < 1.29 is 28.8 Å². The van der Waals surface area contributed by atoms with E-state index in [-0.39, 0.29) is 17.7 Å². The molecule has 0 bridgehead atoms. The van der Waals surface area contributed by atoms with Gasteiger partial charge in [-0.25, -0.2) is 9.59 Å². The third-order valence-electron chi connectivity index (χ3n) is 4.27. The van der Waals surface area contributed by atoms with Crippen LogP contribution >= 0.6 is 0 Å². The Morgan fingerprint density at radius 3 is 2.00 bits per heavy atom. The lowest BCUT2D eigenvalue weighted by Gasteiger charge is -2.22. The normalized spacial score (nSPS) is 14.2. The highest BCUT2D eigenvalue weighted by atomic mass is 16.7. The van der Waals surface area contributed by atoms with Crippen LogP contribution in [0.4, 0.5) is 4.79 Å². The van der Waals surface area contributed by atoms with Crippen molar-refractivity contribution in [3.8, 4) is 0 Å². The maximum atomic E-state index is 12.9. The number of fused-ring (bicyclic) bond motifs is 1. The summed E-state index contributed by atoms with van der Waals surface area (Å²) in [6, 6.07) is 14.8. The summed E-state index contributed by atoms with van der Waals surface area (Å²) in [6.07, 6.45) is -0.697. The molecule has 1 heterocycles. The summed E-state index contributed by atoms with van der Waals surface area (Å²) in [7, 11) is 0. The Hall–Kier alpha value is -3.68. The van der Waals surface area contributed by atoms with Crippen LogP contribution in [0.1, 0.15) is 53.0 Å². The summed E-state index contributed by atoms with van der Waals surface area (Å²) in [5.74, 6) is -3.23. The van der Waals surface area contributed by atoms with Gasteiger partial charge in [0.2, 0.25) is 0 Å². The molecule has 2 aromatic rings. The minimum atomic E-state index is -0.956. The molecule has 1 unspecified atom stereocenters. The van der Waals surface area contributed by atoms with E-state index in [4.69, 9.17) is 9.57 Å². The van der Waals surface area contributed by atoms with Crippen LogP contribution in [0.5, 0.6) is 0 Å². The summed E-state index contributed by atoms with van der Waals surface area (Å²) in [6.45, 7) is 5.02. The molecule has 8 nitrogen and oxygen atoms in total. The Bertz CT molecular complexity index is 946. The first-order chi connectivity index (χ1) is 14.2. The molecule has 0 aliphatic carbocycles. The Labute approximate surface area is 173 Å². The molecule has 1 N–H and O–H groups in total. The third kappa shape index (κ3) is 4.65. The van der Waals surface area contributed by atoms with Crippen molar-refractivity contribution in [2.75, 3.05) is 6.54 Å². The van der Waals surface area contributed by atoms with Gasteiger partial charge in [-0.15, -0.1) is 0 Å². The predicted octanol–water partition coefficient (Wildman–Crippen LogP) is 3.05. The summed E-state index contributed by atoms with van der Waals surface area (Å²) < 4.78 is 5.19. The number of carbonyl (C=O) groups excluding carboxylic acids is 4. The molecule has 2 aromatic carbocycles. The van der Waals surface area contributed by atoms with E-state index in [2.05, 4.69) is 5.32 Å². The lowest BCUT2D eigenvalue weighted by atomic mass is 9.99. The zero-order valence-corrected chi connectivity index (χ0v) is 16.9. The quantitative estimate of drug-likeness (QED) is 0.760. The second-order valence-corrected chi connectivity index (χ2v) is 7.71. The van der Waals surface area contributed by atoms with Gasteiger partial charge >= 0.3 is 12.1 Å². The summed E-state index contributed by atoms with van der Waals surface area (Å²) >= 11 is 0. The van der Waals surface area contributed by atoms with E-state index in [0.29, 0.717) is 10.6 Å². The van der Waals surface area contributed by atoms with Crippen LogP contribution in [-0.2, 0) is 14.4 Å². The van der Waals surface area contributed by atoms with Crippen molar-refractivity contribution >= 4 is 23.9 Å². The van der Waals surface area contributed by atoms with Crippen molar-refractivity contribution in [2.24, 2.45) is 0 Å². The van der Waals surface area contributed by atoms with E-state index in [0.717, 1.165) is 0 Å². The summed E-state index contributed by atoms with van der Waals surface area (Å²) in [5.41, 5.74) is 0.180. The Morgan fingerprint density at radius 2 is 1.47 bits per heavy atom. The van der Waals surface area contributed by atoms with E-state index in [9.17, 15) is 19.2 Å². The highest BCUT2D eigenvalue weighted by Gasteiger charge is 2.40. The van der Waals surface area contributed by atoms with Gasteiger partial charge in [-0.2, -0.15) is 0 Å². The number of hydroxylamine groups is 2. The second kappa shape index (κ2) is 8.36. The number of rotatable bonds is 5. The number of carbonyl (C=O) groups is 4.